The molecule has 29 heavy (non-hydrogen) atoms. The Labute approximate surface area is 167 Å². The monoisotopic (exact) mass is 391 g/mol. The van der Waals surface area contributed by atoms with Gasteiger partial charge in [0.1, 0.15) is 11.5 Å². The van der Waals surface area contributed by atoms with E-state index in [4.69, 9.17) is 14.2 Å². The maximum Gasteiger partial charge on any atom is 0.211 e. The lowest BCUT2D eigenvalue weighted by Crippen LogP contribution is -2.04. The van der Waals surface area contributed by atoms with Gasteiger partial charge >= 0.3 is 0 Å². The minimum atomic E-state index is -0.223. The number of carbonyl (C=O) groups is 1. The fraction of sp³-hybridized carbons (Fsp3) is 0.182. The Kier molecular flexibility index (Phi) is 4.72. The zero-order valence-corrected chi connectivity index (χ0v) is 16.6. The maximum atomic E-state index is 13.1. The molecule has 2 aromatic heterocycles. The van der Waals surface area contributed by atoms with Gasteiger partial charge in [-0.1, -0.05) is 12.1 Å². The van der Waals surface area contributed by atoms with Crippen LogP contribution in [0.5, 0.6) is 17.2 Å². The third-order valence-corrected chi connectivity index (χ3v) is 4.92. The Hall–Kier alpha value is -3.74. The number of aromatic nitrogens is 3. The molecule has 4 aromatic rings. The molecule has 0 saturated carbocycles. The quantitative estimate of drug-likeness (QED) is 0.483. The first-order valence-electron chi connectivity index (χ1n) is 9.04. The summed E-state index contributed by atoms with van der Waals surface area (Å²) >= 11 is 0. The minimum absolute atomic E-state index is 0.223. The van der Waals surface area contributed by atoms with Crippen LogP contribution >= 0.6 is 0 Å². The third kappa shape index (κ3) is 3.10. The largest absolute Gasteiger partial charge is 0.493 e. The second kappa shape index (κ2) is 7.35. The summed E-state index contributed by atoms with van der Waals surface area (Å²) in [5.74, 6) is 1.68. The van der Waals surface area contributed by atoms with Crippen LogP contribution in [0.2, 0.25) is 0 Å². The molecule has 0 aliphatic carbocycles. The van der Waals surface area contributed by atoms with Crippen LogP contribution in [0.15, 0.2) is 42.7 Å². The normalized spacial score (nSPS) is 10.9. The van der Waals surface area contributed by atoms with Gasteiger partial charge in [-0.05, 0) is 30.7 Å². The van der Waals surface area contributed by atoms with Crippen molar-refractivity contribution in [1.29, 1.82) is 0 Å². The van der Waals surface area contributed by atoms with E-state index in [9.17, 15) is 4.79 Å². The molecular weight excluding hydrogens is 370 g/mol. The van der Waals surface area contributed by atoms with Crippen molar-refractivity contribution in [2.45, 2.75) is 6.92 Å². The van der Waals surface area contributed by atoms with Gasteiger partial charge in [-0.2, -0.15) is 0 Å². The van der Waals surface area contributed by atoms with Crippen molar-refractivity contribution in [2.24, 2.45) is 0 Å². The Morgan fingerprint density at radius 1 is 1.03 bits per heavy atom. The van der Waals surface area contributed by atoms with E-state index in [0.29, 0.717) is 34.3 Å². The van der Waals surface area contributed by atoms with E-state index >= 15 is 0 Å². The standard InChI is InChI=1S/C22H21N3O4/c1-12-6-5-7-15-19(12)14(10-23-15)22-24-11-16(25-22)20(26)13-8-17(27-2)21(29-4)18(9-13)28-3/h5-11,23H,1-4H3,(H,24,25). The summed E-state index contributed by atoms with van der Waals surface area (Å²) in [5.41, 5.74) is 3.85. The number of imidazole rings is 1. The first kappa shape index (κ1) is 18.6. The van der Waals surface area contributed by atoms with Gasteiger partial charge in [0.25, 0.3) is 0 Å². The van der Waals surface area contributed by atoms with E-state index in [1.807, 2.05) is 31.3 Å². The summed E-state index contributed by atoms with van der Waals surface area (Å²) in [7, 11) is 4.55. The molecule has 2 heterocycles. The van der Waals surface area contributed by atoms with Crippen molar-refractivity contribution in [3.8, 4) is 28.6 Å². The van der Waals surface area contributed by atoms with Crippen LogP contribution in [-0.4, -0.2) is 42.1 Å². The molecule has 0 bridgehead atoms. The molecule has 0 atom stereocenters. The van der Waals surface area contributed by atoms with Crippen LogP contribution in [0.3, 0.4) is 0 Å². The molecule has 2 aromatic carbocycles. The average Bonchev–Trinajstić information content (AvgIpc) is 3.39. The molecule has 7 heteroatoms. The molecule has 0 unspecified atom stereocenters. The number of H-pyrrole nitrogens is 2. The molecule has 148 valence electrons. The number of nitrogens with zero attached hydrogens (tertiary/aromatic N) is 1. The summed E-state index contributed by atoms with van der Waals surface area (Å²) in [6.07, 6.45) is 3.43. The molecule has 0 radical (unpaired) electrons. The van der Waals surface area contributed by atoms with Gasteiger partial charge in [0.15, 0.2) is 11.5 Å². The summed E-state index contributed by atoms with van der Waals surface area (Å²) < 4.78 is 16.0. The maximum absolute atomic E-state index is 13.1. The van der Waals surface area contributed by atoms with Gasteiger partial charge in [-0.25, -0.2) is 4.98 Å². The number of methoxy groups -OCH3 is 3. The summed E-state index contributed by atoms with van der Waals surface area (Å²) in [5, 5.41) is 1.08. The van der Waals surface area contributed by atoms with Gasteiger partial charge in [0.2, 0.25) is 11.5 Å². The third-order valence-electron chi connectivity index (χ3n) is 4.92. The van der Waals surface area contributed by atoms with Crippen LogP contribution in [0.4, 0.5) is 0 Å². The van der Waals surface area contributed by atoms with E-state index in [1.165, 1.54) is 27.5 Å². The number of hydrogen-bond donors (Lipinski definition) is 2. The van der Waals surface area contributed by atoms with Crippen molar-refractivity contribution in [3.63, 3.8) is 0 Å². The number of aryl methyl sites for hydroxylation is 1. The molecule has 0 amide bonds. The Balaban J connectivity index is 1.74. The topological polar surface area (TPSA) is 89.2 Å². The predicted molar refractivity (Wildman–Crippen MR) is 110 cm³/mol. The summed E-state index contributed by atoms with van der Waals surface area (Å²) in [4.78, 5) is 23.9. The highest BCUT2D eigenvalue weighted by atomic mass is 16.5. The van der Waals surface area contributed by atoms with Crippen molar-refractivity contribution >= 4 is 16.7 Å². The number of ketones is 1. The highest BCUT2D eigenvalue weighted by Gasteiger charge is 2.20. The molecule has 0 spiro atoms. The molecule has 2 N–H and O–H groups in total. The smallest absolute Gasteiger partial charge is 0.211 e. The van der Waals surface area contributed by atoms with Crippen molar-refractivity contribution in [3.05, 3.63) is 59.5 Å². The second-order valence-corrected chi connectivity index (χ2v) is 6.59. The predicted octanol–water partition coefficient (Wildman–Crippen LogP) is 4.12. The Bertz CT molecular complexity index is 1180. The van der Waals surface area contributed by atoms with Gasteiger partial charge in [0.05, 0.1) is 27.5 Å². The highest BCUT2D eigenvalue weighted by molar-refractivity contribution is 6.09. The summed E-state index contributed by atoms with van der Waals surface area (Å²) in [6, 6.07) is 9.31. The lowest BCUT2D eigenvalue weighted by atomic mass is 10.1. The molecule has 4 rings (SSSR count). The van der Waals surface area contributed by atoms with Gasteiger partial charge in [0, 0.05) is 28.2 Å². The van der Waals surface area contributed by atoms with Crippen LogP contribution in [0.1, 0.15) is 21.6 Å². The number of nitrogens with one attached hydrogen (secondary N) is 2. The van der Waals surface area contributed by atoms with Crippen LogP contribution in [0, 0.1) is 6.92 Å². The first-order chi connectivity index (χ1) is 14.1. The van der Waals surface area contributed by atoms with Crippen LogP contribution in [0.25, 0.3) is 22.3 Å². The first-order valence-corrected chi connectivity index (χ1v) is 9.04. The molecule has 0 aliphatic heterocycles. The second-order valence-electron chi connectivity index (χ2n) is 6.59. The molecule has 0 saturated heterocycles. The van der Waals surface area contributed by atoms with E-state index in [0.717, 1.165) is 22.0 Å². The summed E-state index contributed by atoms with van der Waals surface area (Å²) in [6.45, 7) is 2.05. The molecular formula is C22H21N3O4. The van der Waals surface area contributed by atoms with E-state index in [1.54, 1.807) is 12.1 Å². The highest BCUT2D eigenvalue weighted by Crippen LogP contribution is 2.38. The van der Waals surface area contributed by atoms with E-state index < -0.39 is 0 Å². The molecule has 0 aliphatic rings. The number of hydrogen-bond acceptors (Lipinski definition) is 5. The zero-order chi connectivity index (χ0) is 20.5. The van der Waals surface area contributed by atoms with Crippen molar-refractivity contribution in [1.82, 2.24) is 15.0 Å². The fourth-order valence-electron chi connectivity index (χ4n) is 3.50. The molecule has 7 nitrogen and oxygen atoms in total. The number of aromatic amines is 2. The number of rotatable bonds is 6. The van der Waals surface area contributed by atoms with E-state index in [-0.39, 0.29) is 5.78 Å². The molecule has 0 fully saturated rings. The number of benzene rings is 2. The zero-order valence-electron chi connectivity index (χ0n) is 16.6. The lowest BCUT2D eigenvalue weighted by molar-refractivity contribution is 0.103. The van der Waals surface area contributed by atoms with Crippen molar-refractivity contribution < 1.29 is 19.0 Å². The van der Waals surface area contributed by atoms with Crippen LogP contribution in [-0.2, 0) is 0 Å². The number of ether oxygens (including phenoxy) is 3. The number of carbonyl (C=O) groups excluding carboxylic acids is 1. The lowest BCUT2D eigenvalue weighted by Gasteiger charge is -2.13. The van der Waals surface area contributed by atoms with Gasteiger partial charge in [-0.15, -0.1) is 0 Å². The van der Waals surface area contributed by atoms with E-state index in [2.05, 4.69) is 15.0 Å². The Morgan fingerprint density at radius 3 is 2.41 bits per heavy atom. The number of fused-ring (bicyclic) bond motifs is 1. The Morgan fingerprint density at radius 2 is 1.76 bits per heavy atom. The fourth-order valence-corrected chi connectivity index (χ4v) is 3.50. The van der Waals surface area contributed by atoms with Gasteiger partial charge in [-0.3, -0.25) is 4.79 Å². The van der Waals surface area contributed by atoms with Crippen molar-refractivity contribution in [2.75, 3.05) is 21.3 Å². The SMILES string of the molecule is COc1cc(C(=O)c2cnc(-c3c[nH]c4cccc(C)c34)[nH]2)cc(OC)c1OC. The van der Waals surface area contributed by atoms with Crippen LogP contribution < -0.4 is 14.2 Å². The van der Waals surface area contributed by atoms with Gasteiger partial charge < -0.3 is 24.2 Å². The minimum Gasteiger partial charge on any atom is -0.493 e. The average molecular weight is 391 g/mol.